The third kappa shape index (κ3) is 2.50. The third-order valence-electron chi connectivity index (χ3n) is 3.83. The highest BCUT2D eigenvalue weighted by Gasteiger charge is 2.29. The van der Waals surface area contributed by atoms with Gasteiger partial charge < -0.3 is 10.3 Å². The van der Waals surface area contributed by atoms with Gasteiger partial charge in [0.15, 0.2) is 0 Å². The Morgan fingerprint density at radius 1 is 1.19 bits per heavy atom. The summed E-state index contributed by atoms with van der Waals surface area (Å²) in [6.07, 6.45) is 6.41. The Morgan fingerprint density at radius 3 is 2.81 bits per heavy atom. The maximum atomic E-state index is 6.09. The van der Waals surface area contributed by atoms with Crippen LogP contribution in [-0.2, 0) is 6.42 Å². The van der Waals surface area contributed by atoms with Crippen LogP contribution in [0.4, 0.5) is 0 Å². The number of hydrogen-bond donors (Lipinski definition) is 1. The molecule has 6 nitrogen and oxygen atoms in total. The number of fused-ring (bicyclic) bond motifs is 1. The number of nitrogens with two attached hydrogens (primary N) is 1. The van der Waals surface area contributed by atoms with Crippen molar-refractivity contribution in [2.75, 3.05) is 0 Å². The summed E-state index contributed by atoms with van der Waals surface area (Å²) in [5, 5.41) is 4.04. The van der Waals surface area contributed by atoms with Gasteiger partial charge in [0.2, 0.25) is 11.7 Å². The predicted molar refractivity (Wildman–Crippen MR) is 77.2 cm³/mol. The molecular weight excluding hydrogens is 266 g/mol. The van der Waals surface area contributed by atoms with Crippen LogP contribution in [0.15, 0.2) is 35.1 Å². The monoisotopic (exact) mass is 281 g/mol. The summed E-state index contributed by atoms with van der Waals surface area (Å²) in [4.78, 5) is 13.0. The third-order valence-corrected chi connectivity index (χ3v) is 3.83. The summed E-state index contributed by atoms with van der Waals surface area (Å²) in [6.45, 7) is 0. The molecule has 2 aromatic heterocycles. The van der Waals surface area contributed by atoms with Crippen LogP contribution in [0, 0.1) is 5.92 Å². The van der Waals surface area contributed by atoms with Gasteiger partial charge in [-0.2, -0.15) is 4.98 Å². The second-order valence-electron chi connectivity index (χ2n) is 5.48. The molecule has 0 bridgehead atoms. The van der Waals surface area contributed by atoms with E-state index in [0.29, 0.717) is 24.1 Å². The zero-order valence-electron chi connectivity index (χ0n) is 11.4. The molecule has 0 spiro atoms. The largest absolute Gasteiger partial charge is 0.339 e. The lowest BCUT2D eigenvalue weighted by molar-refractivity contribution is 0.364. The van der Waals surface area contributed by atoms with Crippen LogP contribution >= 0.6 is 0 Å². The van der Waals surface area contributed by atoms with Gasteiger partial charge in [-0.1, -0.05) is 5.16 Å². The highest BCUT2D eigenvalue weighted by molar-refractivity contribution is 5.79. The first-order valence-electron chi connectivity index (χ1n) is 7.09. The van der Waals surface area contributed by atoms with Crippen molar-refractivity contribution in [1.29, 1.82) is 0 Å². The summed E-state index contributed by atoms with van der Waals surface area (Å²) in [6, 6.07) is 5.87. The molecule has 0 amide bonds. The van der Waals surface area contributed by atoms with Gasteiger partial charge in [-0.05, 0) is 37.0 Å². The smallest absolute Gasteiger partial charge is 0.228 e. The van der Waals surface area contributed by atoms with Crippen LogP contribution in [-0.4, -0.2) is 26.2 Å². The second-order valence-corrected chi connectivity index (χ2v) is 5.48. The first kappa shape index (κ1) is 12.4. The Balaban J connectivity index is 1.60. The minimum absolute atomic E-state index is 0.126. The molecule has 4 rings (SSSR count). The van der Waals surface area contributed by atoms with Crippen molar-refractivity contribution in [3.63, 3.8) is 0 Å². The van der Waals surface area contributed by atoms with E-state index in [1.165, 1.54) is 12.8 Å². The van der Waals surface area contributed by atoms with Gasteiger partial charge in [0, 0.05) is 30.4 Å². The molecule has 1 saturated carbocycles. The van der Waals surface area contributed by atoms with Crippen molar-refractivity contribution in [3.05, 3.63) is 36.5 Å². The van der Waals surface area contributed by atoms with Gasteiger partial charge in [0.25, 0.3) is 0 Å². The molecule has 1 aromatic carbocycles. The van der Waals surface area contributed by atoms with E-state index in [4.69, 9.17) is 10.3 Å². The first-order valence-corrected chi connectivity index (χ1v) is 7.09. The Hall–Kier alpha value is -2.34. The Bertz CT molecular complexity index is 780. The standard InChI is InChI=1S/C15H15N5O/c16-11(9-1-2-9)8-14-19-15(20-21-14)10-3-4-12-13(7-10)18-6-5-17-12/h3-7,9,11H,1-2,8,16H2. The molecule has 6 heteroatoms. The maximum absolute atomic E-state index is 6.09. The van der Waals surface area contributed by atoms with E-state index >= 15 is 0 Å². The van der Waals surface area contributed by atoms with Crippen molar-refractivity contribution >= 4 is 11.0 Å². The molecule has 1 fully saturated rings. The van der Waals surface area contributed by atoms with E-state index in [-0.39, 0.29) is 6.04 Å². The van der Waals surface area contributed by atoms with E-state index in [2.05, 4.69) is 20.1 Å². The van der Waals surface area contributed by atoms with Crippen molar-refractivity contribution in [2.24, 2.45) is 11.7 Å². The molecule has 0 aliphatic heterocycles. The summed E-state index contributed by atoms with van der Waals surface area (Å²) < 4.78 is 5.30. The maximum Gasteiger partial charge on any atom is 0.228 e. The number of nitrogens with zero attached hydrogens (tertiary/aromatic N) is 4. The van der Waals surface area contributed by atoms with Crippen LogP contribution in [0.2, 0.25) is 0 Å². The Morgan fingerprint density at radius 2 is 2.00 bits per heavy atom. The fourth-order valence-electron chi connectivity index (χ4n) is 2.45. The van der Waals surface area contributed by atoms with E-state index < -0.39 is 0 Å². The van der Waals surface area contributed by atoms with Crippen LogP contribution < -0.4 is 5.73 Å². The van der Waals surface area contributed by atoms with Crippen molar-refractivity contribution in [2.45, 2.75) is 25.3 Å². The number of benzene rings is 1. The zero-order valence-corrected chi connectivity index (χ0v) is 11.4. The molecule has 1 aliphatic carbocycles. The van der Waals surface area contributed by atoms with Crippen LogP contribution in [0.3, 0.4) is 0 Å². The lowest BCUT2D eigenvalue weighted by atomic mass is 10.1. The minimum atomic E-state index is 0.126. The second kappa shape index (κ2) is 4.89. The van der Waals surface area contributed by atoms with Crippen molar-refractivity contribution in [1.82, 2.24) is 20.1 Å². The van der Waals surface area contributed by atoms with Gasteiger partial charge in [0.1, 0.15) is 0 Å². The number of aromatic nitrogens is 4. The Labute approximate surface area is 121 Å². The van der Waals surface area contributed by atoms with Crippen LogP contribution in [0.5, 0.6) is 0 Å². The average molecular weight is 281 g/mol. The Kier molecular flexibility index (Phi) is 2.89. The predicted octanol–water partition coefficient (Wildman–Crippen LogP) is 1.96. The van der Waals surface area contributed by atoms with E-state index in [1.807, 2.05) is 18.2 Å². The minimum Gasteiger partial charge on any atom is -0.339 e. The number of rotatable bonds is 4. The molecule has 21 heavy (non-hydrogen) atoms. The molecule has 0 radical (unpaired) electrons. The van der Waals surface area contributed by atoms with Gasteiger partial charge in [-0.25, -0.2) is 0 Å². The average Bonchev–Trinajstić information content (AvgIpc) is 3.27. The van der Waals surface area contributed by atoms with E-state index in [1.54, 1.807) is 12.4 Å². The van der Waals surface area contributed by atoms with Gasteiger partial charge in [-0.15, -0.1) is 0 Å². The topological polar surface area (TPSA) is 90.7 Å². The normalized spacial score (nSPS) is 16.2. The van der Waals surface area contributed by atoms with Gasteiger partial charge in [0.05, 0.1) is 11.0 Å². The quantitative estimate of drug-likeness (QED) is 0.786. The SMILES string of the molecule is NC(Cc1nc(-c2ccc3nccnc3c2)no1)C1CC1. The van der Waals surface area contributed by atoms with E-state index in [0.717, 1.165) is 16.6 Å². The lowest BCUT2D eigenvalue weighted by Gasteiger charge is -2.04. The zero-order chi connectivity index (χ0) is 14.2. The number of hydrogen-bond acceptors (Lipinski definition) is 6. The molecule has 0 saturated heterocycles. The fraction of sp³-hybridized carbons (Fsp3) is 0.333. The van der Waals surface area contributed by atoms with Crippen molar-refractivity contribution < 1.29 is 4.52 Å². The molecule has 2 heterocycles. The summed E-state index contributed by atoms with van der Waals surface area (Å²) in [5.41, 5.74) is 8.62. The van der Waals surface area contributed by atoms with Gasteiger partial charge in [-0.3, -0.25) is 9.97 Å². The highest BCUT2D eigenvalue weighted by atomic mass is 16.5. The molecule has 1 atom stereocenters. The fourth-order valence-corrected chi connectivity index (χ4v) is 2.45. The van der Waals surface area contributed by atoms with Crippen LogP contribution in [0.1, 0.15) is 18.7 Å². The van der Waals surface area contributed by atoms with E-state index in [9.17, 15) is 0 Å². The highest BCUT2D eigenvalue weighted by Crippen LogP contribution is 2.32. The lowest BCUT2D eigenvalue weighted by Crippen LogP contribution is -2.25. The molecule has 1 unspecified atom stereocenters. The summed E-state index contributed by atoms with van der Waals surface area (Å²) >= 11 is 0. The van der Waals surface area contributed by atoms with Gasteiger partial charge >= 0.3 is 0 Å². The first-order chi connectivity index (χ1) is 10.3. The molecule has 1 aliphatic rings. The molecule has 2 N–H and O–H groups in total. The van der Waals surface area contributed by atoms with Crippen molar-refractivity contribution in [3.8, 4) is 11.4 Å². The summed E-state index contributed by atoms with van der Waals surface area (Å²) in [7, 11) is 0. The molecular formula is C15H15N5O. The molecule has 3 aromatic rings. The van der Waals surface area contributed by atoms with Crippen LogP contribution in [0.25, 0.3) is 22.4 Å². The molecule has 106 valence electrons. The summed E-state index contributed by atoms with van der Waals surface area (Å²) in [5.74, 6) is 1.79.